The fraction of sp³-hybridized carbons (Fsp3) is 0.350. The van der Waals surface area contributed by atoms with E-state index in [0.29, 0.717) is 0 Å². The minimum absolute atomic E-state index is 0.0436. The molecule has 4 heteroatoms. The first kappa shape index (κ1) is 16.8. The van der Waals surface area contributed by atoms with Gasteiger partial charge in [0.2, 0.25) is 5.91 Å². The number of carbonyl (C=O) groups is 1. The molecule has 1 aliphatic carbocycles. The lowest BCUT2D eigenvalue weighted by atomic mass is 9.96. The fourth-order valence-electron chi connectivity index (χ4n) is 3.19. The van der Waals surface area contributed by atoms with Crippen LogP contribution in [0.4, 0.5) is 5.69 Å². The van der Waals surface area contributed by atoms with Crippen molar-refractivity contribution in [2.75, 3.05) is 5.32 Å². The molecule has 0 spiro atoms. The molecule has 0 saturated carbocycles. The molecule has 1 heterocycles. The third kappa shape index (κ3) is 4.09. The summed E-state index contributed by atoms with van der Waals surface area (Å²) in [6, 6.07) is 5.64. The lowest BCUT2D eigenvalue weighted by Gasteiger charge is -2.28. The highest BCUT2D eigenvalue weighted by Gasteiger charge is 2.25. The smallest absolute Gasteiger partial charge is 0.242 e. The van der Waals surface area contributed by atoms with Gasteiger partial charge in [-0.25, -0.2) is 0 Å². The largest absolute Gasteiger partial charge is 0.373 e. The van der Waals surface area contributed by atoms with Gasteiger partial charge in [-0.2, -0.15) is 0 Å². The van der Waals surface area contributed by atoms with Crippen molar-refractivity contribution in [3.8, 4) is 0 Å². The maximum atomic E-state index is 12.6. The van der Waals surface area contributed by atoms with Crippen LogP contribution < -0.4 is 10.6 Å². The van der Waals surface area contributed by atoms with Gasteiger partial charge in [0.05, 0.1) is 0 Å². The predicted molar refractivity (Wildman–Crippen MR) is 100 cm³/mol. The molecule has 0 aromatic heterocycles. The van der Waals surface area contributed by atoms with Crippen LogP contribution in [0.5, 0.6) is 0 Å². The van der Waals surface area contributed by atoms with Crippen LogP contribution in [-0.4, -0.2) is 18.0 Å². The zero-order valence-electron chi connectivity index (χ0n) is 13.9. The van der Waals surface area contributed by atoms with Crippen LogP contribution in [0.2, 0.25) is 5.02 Å². The number of anilines is 1. The Morgan fingerprint density at radius 3 is 3.04 bits per heavy atom. The SMILES string of the molecule is CC(NC(=O)C1CCc2cc(Cl)ccc2N1)/C1=C/C=C\C=CCC1. The van der Waals surface area contributed by atoms with Crippen molar-refractivity contribution < 1.29 is 4.79 Å². The summed E-state index contributed by atoms with van der Waals surface area (Å²) >= 11 is 6.03. The quantitative estimate of drug-likeness (QED) is 0.854. The number of carbonyl (C=O) groups excluding carboxylic acids is 1. The van der Waals surface area contributed by atoms with Gasteiger partial charge in [-0.1, -0.05) is 42.0 Å². The molecule has 0 saturated heterocycles. The molecule has 2 aliphatic rings. The highest BCUT2D eigenvalue weighted by atomic mass is 35.5. The van der Waals surface area contributed by atoms with Gasteiger partial charge in [-0.15, -0.1) is 0 Å². The minimum atomic E-state index is -0.189. The number of aryl methyl sites for hydroxylation is 1. The van der Waals surface area contributed by atoms with Gasteiger partial charge in [-0.05, 0) is 61.9 Å². The van der Waals surface area contributed by atoms with Crippen LogP contribution in [0.1, 0.15) is 31.7 Å². The van der Waals surface area contributed by atoms with Gasteiger partial charge in [0.15, 0.2) is 0 Å². The van der Waals surface area contributed by atoms with Crippen LogP contribution in [0, 0.1) is 0 Å². The molecule has 2 N–H and O–H groups in total. The zero-order chi connectivity index (χ0) is 16.9. The molecule has 2 unspecified atom stereocenters. The second-order valence-corrected chi connectivity index (χ2v) is 6.80. The summed E-state index contributed by atoms with van der Waals surface area (Å²) in [6.07, 6.45) is 14.0. The van der Waals surface area contributed by atoms with Crippen LogP contribution in [0.15, 0.2) is 54.2 Å². The van der Waals surface area contributed by atoms with Gasteiger partial charge in [0.1, 0.15) is 6.04 Å². The summed E-state index contributed by atoms with van der Waals surface area (Å²) in [5.41, 5.74) is 3.45. The van der Waals surface area contributed by atoms with Crippen LogP contribution in [-0.2, 0) is 11.2 Å². The van der Waals surface area contributed by atoms with Crippen molar-refractivity contribution in [1.82, 2.24) is 5.32 Å². The first-order valence-corrected chi connectivity index (χ1v) is 8.89. The number of hydrogen-bond acceptors (Lipinski definition) is 2. The van der Waals surface area contributed by atoms with Crippen molar-refractivity contribution in [2.24, 2.45) is 0 Å². The molecule has 2 atom stereocenters. The van der Waals surface area contributed by atoms with Crippen molar-refractivity contribution in [3.05, 3.63) is 64.7 Å². The number of rotatable bonds is 3. The highest BCUT2D eigenvalue weighted by molar-refractivity contribution is 6.30. The third-order valence-electron chi connectivity index (χ3n) is 4.60. The maximum absolute atomic E-state index is 12.6. The Morgan fingerprint density at radius 1 is 1.29 bits per heavy atom. The number of fused-ring (bicyclic) bond motifs is 1. The van der Waals surface area contributed by atoms with Crippen molar-refractivity contribution in [3.63, 3.8) is 0 Å². The number of nitrogens with one attached hydrogen (secondary N) is 2. The lowest BCUT2D eigenvalue weighted by Crippen LogP contribution is -2.45. The first-order valence-electron chi connectivity index (χ1n) is 8.51. The average molecular weight is 343 g/mol. The highest BCUT2D eigenvalue weighted by Crippen LogP contribution is 2.27. The van der Waals surface area contributed by atoms with Gasteiger partial charge in [-0.3, -0.25) is 4.79 Å². The van der Waals surface area contributed by atoms with E-state index in [4.69, 9.17) is 11.6 Å². The van der Waals surface area contributed by atoms with Crippen molar-refractivity contribution in [2.45, 2.75) is 44.7 Å². The van der Waals surface area contributed by atoms with E-state index in [1.807, 2.05) is 30.4 Å². The molecule has 3 nitrogen and oxygen atoms in total. The fourth-order valence-corrected chi connectivity index (χ4v) is 3.38. The predicted octanol–water partition coefficient (Wildman–Crippen LogP) is 4.40. The number of hydrogen-bond donors (Lipinski definition) is 2. The molecule has 1 amide bonds. The standard InChI is InChI=1S/C20H23ClN2O/c1-14(15-7-5-3-2-4-6-8-15)22-20(24)19-11-9-16-13-17(21)10-12-18(16)23-19/h2-5,7,10,12-14,19,23H,6,8-9,11H2,1H3,(H,22,24)/b4-2?,5-3-,15-7+. The van der Waals surface area contributed by atoms with Crippen molar-refractivity contribution >= 4 is 23.2 Å². The number of benzene rings is 1. The lowest BCUT2D eigenvalue weighted by molar-refractivity contribution is -0.122. The second-order valence-electron chi connectivity index (χ2n) is 6.36. The summed E-state index contributed by atoms with van der Waals surface area (Å²) in [7, 11) is 0. The summed E-state index contributed by atoms with van der Waals surface area (Å²) in [6.45, 7) is 2.05. The third-order valence-corrected chi connectivity index (χ3v) is 4.83. The number of halogens is 1. The van der Waals surface area contributed by atoms with Crippen LogP contribution >= 0.6 is 11.6 Å². The van der Waals surface area contributed by atoms with E-state index < -0.39 is 0 Å². The molecule has 0 radical (unpaired) electrons. The van der Waals surface area contributed by atoms with E-state index in [2.05, 4.69) is 35.8 Å². The monoisotopic (exact) mass is 342 g/mol. The van der Waals surface area contributed by atoms with E-state index in [0.717, 1.165) is 36.4 Å². The average Bonchev–Trinajstić information content (AvgIpc) is 2.53. The summed E-state index contributed by atoms with van der Waals surface area (Å²) in [5, 5.41) is 7.24. The Kier molecular flexibility index (Phi) is 5.41. The van der Waals surface area contributed by atoms with Crippen molar-refractivity contribution in [1.29, 1.82) is 0 Å². The van der Waals surface area contributed by atoms with E-state index in [1.54, 1.807) is 0 Å². The summed E-state index contributed by atoms with van der Waals surface area (Å²) < 4.78 is 0. The molecule has 1 aromatic rings. The molecular weight excluding hydrogens is 320 g/mol. The number of allylic oxidation sites excluding steroid dienone is 5. The van der Waals surface area contributed by atoms with Gasteiger partial charge in [0.25, 0.3) is 0 Å². The molecule has 1 aromatic carbocycles. The Bertz CT molecular complexity index is 706. The zero-order valence-corrected chi connectivity index (χ0v) is 14.6. The molecule has 0 fully saturated rings. The molecule has 126 valence electrons. The normalized spacial score (nSPS) is 24.4. The molecule has 3 rings (SSSR count). The second kappa shape index (κ2) is 7.71. The van der Waals surface area contributed by atoms with Gasteiger partial charge in [0, 0.05) is 16.8 Å². The van der Waals surface area contributed by atoms with Gasteiger partial charge >= 0.3 is 0 Å². The molecule has 0 bridgehead atoms. The van der Waals surface area contributed by atoms with Crippen LogP contribution in [0.3, 0.4) is 0 Å². The topological polar surface area (TPSA) is 41.1 Å². The molecule has 1 aliphatic heterocycles. The van der Waals surface area contributed by atoms with Crippen LogP contribution in [0.25, 0.3) is 0 Å². The van der Waals surface area contributed by atoms with E-state index >= 15 is 0 Å². The Labute approximate surface area is 148 Å². The molecular formula is C20H23ClN2O. The summed E-state index contributed by atoms with van der Waals surface area (Å²) in [4.78, 5) is 12.6. The Balaban J connectivity index is 1.62. The van der Waals surface area contributed by atoms with Gasteiger partial charge < -0.3 is 10.6 Å². The molecule has 24 heavy (non-hydrogen) atoms. The minimum Gasteiger partial charge on any atom is -0.373 e. The Morgan fingerprint density at radius 2 is 2.17 bits per heavy atom. The maximum Gasteiger partial charge on any atom is 0.242 e. The van der Waals surface area contributed by atoms with E-state index in [9.17, 15) is 4.79 Å². The van der Waals surface area contributed by atoms with E-state index in [1.165, 1.54) is 11.1 Å². The number of amides is 1. The summed E-state index contributed by atoms with van der Waals surface area (Å²) in [5.74, 6) is 0.0607. The Hall–Kier alpha value is -2.00. The van der Waals surface area contributed by atoms with E-state index in [-0.39, 0.29) is 18.0 Å². The first-order chi connectivity index (χ1) is 11.6.